The Morgan fingerprint density at radius 3 is 2.10 bits per heavy atom. The molecule has 0 aromatic heterocycles. The molecule has 0 saturated heterocycles. The third-order valence-corrected chi connectivity index (χ3v) is 7.28. The molecule has 0 aliphatic rings. The van der Waals surface area contributed by atoms with Crippen LogP contribution in [-0.2, 0) is 32.8 Å². The van der Waals surface area contributed by atoms with Crippen molar-refractivity contribution in [1.82, 2.24) is 10.2 Å². The second-order valence-corrected chi connectivity index (χ2v) is 11.7. The summed E-state index contributed by atoms with van der Waals surface area (Å²) in [4.78, 5) is 28.1. The third-order valence-electron chi connectivity index (χ3n) is 6.14. The number of nitrogens with one attached hydrogen (secondary N) is 1. The zero-order valence-electron chi connectivity index (χ0n) is 23.2. The molecule has 40 heavy (non-hydrogen) atoms. The molecule has 0 aliphatic carbocycles. The standard InChI is InChI=1S/C30H36FN3O5S/c1-5-28(30(36)32-22(2)3)33(19-23-11-13-25(31)14-12-23)29(35)20-34(40(4,37)38)26-15-17-27(18-16-26)39-21-24-9-7-6-8-10-24/h6-18,22,28H,5,19-21H2,1-4H3,(H,32,36)/t28-/m1/s1. The fourth-order valence-electron chi connectivity index (χ4n) is 4.15. The van der Waals surface area contributed by atoms with Crippen LogP contribution in [-0.4, -0.2) is 50.0 Å². The Balaban J connectivity index is 1.85. The molecule has 0 bridgehead atoms. The van der Waals surface area contributed by atoms with Crippen LogP contribution in [0.3, 0.4) is 0 Å². The number of rotatable bonds is 13. The second-order valence-electron chi connectivity index (χ2n) is 9.77. The highest BCUT2D eigenvalue weighted by atomic mass is 32.2. The van der Waals surface area contributed by atoms with Crippen molar-refractivity contribution in [3.05, 3.63) is 95.8 Å². The van der Waals surface area contributed by atoms with Gasteiger partial charge in [-0.15, -0.1) is 0 Å². The van der Waals surface area contributed by atoms with E-state index in [0.29, 0.717) is 24.3 Å². The lowest BCUT2D eigenvalue weighted by molar-refractivity contribution is -0.140. The van der Waals surface area contributed by atoms with Gasteiger partial charge >= 0.3 is 0 Å². The summed E-state index contributed by atoms with van der Waals surface area (Å²) in [5.41, 5.74) is 1.88. The number of amides is 2. The predicted molar refractivity (Wildman–Crippen MR) is 154 cm³/mol. The minimum absolute atomic E-state index is 0.00695. The number of hydrogen-bond donors (Lipinski definition) is 1. The molecular formula is C30H36FN3O5S. The van der Waals surface area contributed by atoms with E-state index in [1.54, 1.807) is 31.2 Å². The van der Waals surface area contributed by atoms with Crippen LogP contribution >= 0.6 is 0 Å². The summed E-state index contributed by atoms with van der Waals surface area (Å²) in [6.45, 7) is 5.25. The quantitative estimate of drug-likeness (QED) is 0.327. The molecule has 10 heteroatoms. The molecule has 214 valence electrons. The maximum Gasteiger partial charge on any atom is 0.244 e. The van der Waals surface area contributed by atoms with E-state index in [0.717, 1.165) is 16.1 Å². The van der Waals surface area contributed by atoms with Gasteiger partial charge in [-0.05, 0) is 67.8 Å². The monoisotopic (exact) mass is 569 g/mol. The topological polar surface area (TPSA) is 96.0 Å². The number of halogens is 1. The zero-order chi connectivity index (χ0) is 29.3. The number of nitrogens with zero attached hydrogens (tertiary/aromatic N) is 2. The molecule has 1 atom stereocenters. The lowest BCUT2D eigenvalue weighted by atomic mass is 10.1. The Morgan fingerprint density at radius 2 is 1.55 bits per heavy atom. The van der Waals surface area contributed by atoms with E-state index < -0.39 is 34.3 Å². The van der Waals surface area contributed by atoms with Crippen LogP contribution in [0.5, 0.6) is 5.75 Å². The number of carbonyl (C=O) groups is 2. The molecule has 0 fully saturated rings. The Kier molecular flexibility index (Phi) is 10.7. The van der Waals surface area contributed by atoms with Crippen molar-refractivity contribution in [2.24, 2.45) is 0 Å². The van der Waals surface area contributed by atoms with Gasteiger partial charge in [-0.1, -0.05) is 49.4 Å². The first kappa shape index (κ1) is 30.6. The highest BCUT2D eigenvalue weighted by Gasteiger charge is 2.32. The summed E-state index contributed by atoms with van der Waals surface area (Å²) in [7, 11) is -3.87. The van der Waals surface area contributed by atoms with Crippen molar-refractivity contribution in [2.45, 2.75) is 52.4 Å². The normalized spacial score (nSPS) is 12.1. The summed E-state index contributed by atoms with van der Waals surface area (Å²) in [6.07, 6.45) is 1.32. The number of anilines is 1. The first-order chi connectivity index (χ1) is 19.0. The molecular weight excluding hydrogens is 533 g/mol. The van der Waals surface area contributed by atoms with Crippen LogP contribution in [0, 0.1) is 5.82 Å². The van der Waals surface area contributed by atoms with E-state index in [4.69, 9.17) is 4.74 Å². The van der Waals surface area contributed by atoms with Crippen LogP contribution in [0.4, 0.5) is 10.1 Å². The third kappa shape index (κ3) is 8.81. The van der Waals surface area contributed by atoms with Crippen molar-refractivity contribution in [2.75, 3.05) is 17.1 Å². The Bertz CT molecular complexity index is 1360. The minimum Gasteiger partial charge on any atom is -0.489 e. The van der Waals surface area contributed by atoms with Crippen LogP contribution in [0.15, 0.2) is 78.9 Å². The van der Waals surface area contributed by atoms with Gasteiger partial charge in [-0.25, -0.2) is 12.8 Å². The van der Waals surface area contributed by atoms with E-state index in [2.05, 4.69) is 5.32 Å². The molecule has 2 amide bonds. The SMILES string of the molecule is CC[C@H](C(=O)NC(C)C)N(Cc1ccc(F)cc1)C(=O)CN(c1ccc(OCc2ccccc2)cc1)S(C)(=O)=O. The smallest absolute Gasteiger partial charge is 0.244 e. The maximum absolute atomic E-state index is 13.7. The van der Waals surface area contributed by atoms with Crippen LogP contribution in [0.25, 0.3) is 0 Å². The molecule has 0 saturated carbocycles. The van der Waals surface area contributed by atoms with E-state index in [1.807, 2.05) is 44.2 Å². The average Bonchev–Trinajstić information content (AvgIpc) is 2.91. The molecule has 1 N–H and O–H groups in total. The van der Waals surface area contributed by atoms with Gasteiger partial charge in [0.1, 0.15) is 30.8 Å². The van der Waals surface area contributed by atoms with Crippen LogP contribution in [0.2, 0.25) is 0 Å². The van der Waals surface area contributed by atoms with Crippen LogP contribution < -0.4 is 14.4 Å². The van der Waals surface area contributed by atoms with Gasteiger partial charge in [0.15, 0.2) is 0 Å². The highest BCUT2D eigenvalue weighted by molar-refractivity contribution is 7.92. The van der Waals surface area contributed by atoms with Gasteiger partial charge in [-0.2, -0.15) is 0 Å². The molecule has 0 radical (unpaired) electrons. The second kappa shape index (κ2) is 13.9. The molecule has 0 heterocycles. The summed E-state index contributed by atoms with van der Waals surface area (Å²) in [5, 5.41) is 2.83. The van der Waals surface area contributed by atoms with Crippen LogP contribution in [0.1, 0.15) is 38.3 Å². The number of ether oxygens (including phenoxy) is 1. The molecule has 0 spiro atoms. The average molecular weight is 570 g/mol. The summed E-state index contributed by atoms with van der Waals surface area (Å²) in [6, 6.07) is 20.7. The lowest BCUT2D eigenvalue weighted by Gasteiger charge is -2.33. The molecule has 3 rings (SSSR count). The fourth-order valence-corrected chi connectivity index (χ4v) is 5.00. The Labute approximate surface area is 235 Å². The van der Waals surface area contributed by atoms with Gasteiger partial charge < -0.3 is 15.0 Å². The molecule has 3 aromatic rings. The number of sulfonamides is 1. The Morgan fingerprint density at radius 1 is 0.925 bits per heavy atom. The largest absolute Gasteiger partial charge is 0.489 e. The van der Waals surface area contributed by atoms with Gasteiger partial charge in [-0.3, -0.25) is 13.9 Å². The zero-order valence-corrected chi connectivity index (χ0v) is 24.0. The number of carbonyl (C=O) groups excluding carboxylic acids is 2. The molecule has 3 aromatic carbocycles. The van der Waals surface area contributed by atoms with Crippen molar-refractivity contribution in [3.63, 3.8) is 0 Å². The van der Waals surface area contributed by atoms with Crippen molar-refractivity contribution >= 4 is 27.5 Å². The maximum atomic E-state index is 13.7. The Hall–Kier alpha value is -3.92. The van der Waals surface area contributed by atoms with Crippen molar-refractivity contribution in [3.8, 4) is 5.75 Å². The highest BCUT2D eigenvalue weighted by Crippen LogP contribution is 2.23. The van der Waals surface area contributed by atoms with E-state index in [1.165, 1.54) is 29.2 Å². The van der Waals surface area contributed by atoms with Crippen molar-refractivity contribution in [1.29, 1.82) is 0 Å². The summed E-state index contributed by atoms with van der Waals surface area (Å²) in [5.74, 6) is -0.795. The first-order valence-electron chi connectivity index (χ1n) is 13.1. The molecule has 8 nitrogen and oxygen atoms in total. The lowest BCUT2D eigenvalue weighted by Crippen LogP contribution is -2.53. The number of hydrogen-bond acceptors (Lipinski definition) is 5. The summed E-state index contributed by atoms with van der Waals surface area (Å²) < 4.78 is 45.9. The predicted octanol–water partition coefficient (Wildman–Crippen LogP) is 4.50. The summed E-state index contributed by atoms with van der Waals surface area (Å²) >= 11 is 0. The van der Waals surface area contributed by atoms with E-state index in [9.17, 15) is 22.4 Å². The van der Waals surface area contributed by atoms with E-state index in [-0.39, 0.29) is 24.2 Å². The van der Waals surface area contributed by atoms with Crippen molar-refractivity contribution < 1.29 is 27.1 Å². The molecule has 0 aliphatic heterocycles. The van der Waals surface area contributed by atoms with E-state index >= 15 is 0 Å². The van der Waals surface area contributed by atoms with Gasteiger partial charge in [0.25, 0.3) is 0 Å². The van der Waals surface area contributed by atoms with Gasteiger partial charge in [0.05, 0.1) is 11.9 Å². The fraction of sp³-hybridized carbons (Fsp3) is 0.333. The number of benzene rings is 3. The first-order valence-corrected chi connectivity index (χ1v) is 14.9. The molecule has 0 unspecified atom stereocenters. The van der Waals surface area contributed by atoms with Gasteiger partial charge in [0.2, 0.25) is 21.8 Å². The van der Waals surface area contributed by atoms with Gasteiger partial charge in [0, 0.05) is 12.6 Å². The minimum atomic E-state index is -3.87.